The van der Waals surface area contributed by atoms with Gasteiger partial charge in [-0.3, -0.25) is 9.59 Å². The average molecular weight is 376 g/mol. The van der Waals surface area contributed by atoms with E-state index in [9.17, 15) is 9.59 Å². The number of carbonyl (C=O) groups is 2. The molecule has 8 atom stereocenters. The minimum Gasteiger partial charge on any atom is -0.462 e. The van der Waals surface area contributed by atoms with Crippen molar-refractivity contribution in [3.05, 3.63) is 0 Å². The minimum absolute atomic E-state index is 0.0887. The van der Waals surface area contributed by atoms with E-state index >= 15 is 0 Å². The van der Waals surface area contributed by atoms with Crippen molar-refractivity contribution in [3.63, 3.8) is 0 Å². The summed E-state index contributed by atoms with van der Waals surface area (Å²) in [5.74, 6) is 1.87. The van der Waals surface area contributed by atoms with Gasteiger partial charge in [0, 0.05) is 19.4 Å². The summed E-state index contributed by atoms with van der Waals surface area (Å²) in [7, 11) is 0. The summed E-state index contributed by atoms with van der Waals surface area (Å²) in [6.45, 7) is 11.4. The van der Waals surface area contributed by atoms with Crippen LogP contribution in [0.3, 0.4) is 0 Å². The molecule has 4 nitrogen and oxygen atoms in total. The molecule has 1 N–H and O–H groups in total. The third-order valence-corrected chi connectivity index (χ3v) is 9.92. The molecule has 0 radical (unpaired) electrons. The number of amides is 1. The summed E-state index contributed by atoms with van der Waals surface area (Å²) >= 11 is 0. The first kappa shape index (κ1) is 19.3. The van der Waals surface area contributed by atoms with E-state index in [1.807, 2.05) is 0 Å². The molecule has 27 heavy (non-hydrogen) atoms. The Hall–Kier alpha value is -1.06. The van der Waals surface area contributed by atoms with Gasteiger partial charge in [0.15, 0.2) is 0 Å². The first-order valence-corrected chi connectivity index (χ1v) is 11.1. The van der Waals surface area contributed by atoms with Crippen molar-refractivity contribution in [3.8, 4) is 0 Å². The zero-order chi connectivity index (χ0) is 19.6. The molecule has 1 saturated heterocycles. The highest BCUT2D eigenvalue weighted by atomic mass is 16.5. The number of rotatable bonds is 1. The van der Waals surface area contributed by atoms with E-state index in [1.165, 1.54) is 26.2 Å². The highest BCUT2D eigenvalue weighted by molar-refractivity contribution is 5.77. The lowest BCUT2D eigenvalue weighted by Gasteiger charge is -2.69. The van der Waals surface area contributed by atoms with Gasteiger partial charge in [-0.25, -0.2) is 0 Å². The standard InChI is InChI=1S/C23H37NO3/c1-14-16-8-12-22(4)18(21(16,3)11-9-17(14)27-15(2)25)6-7-19-23(22,5)13-10-20(26)24-19/h14,16-19H,6-13H2,1-5H3,(H,24,26)/t14-,16?,17+,18-,19-,21-,22-,23-/m0/s1. The van der Waals surface area contributed by atoms with Crippen LogP contribution in [-0.4, -0.2) is 24.0 Å². The molecule has 4 rings (SSSR count). The van der Waals surface area contributed by atoms with Crippen LogP contribution >= 0.6 is 0 Å². The van der Waals surface area contributed by atoms with Crippen molar-refractivity contribution in [1.29, 1.82) is 0 Å². The average Bonchev–Trinajstić information content (AvgIpc) is 2.59. The molecule has 1 heterocycles. The van der Waals surface area contributed by atoms with Crippen LogP contribution in [0.5, 0.6) is 0 Å². The Morgan fingerprint density at radius 1 is 1.04 bits per heavy atom. The van der Waals surface area contributed by atoms with E-state index in [-0.39, 0.29) is 28.8 Å². The Bertz CT molecular complexity index is 648. The molecule has 4 fully saturated rings. The molecule has 1 unspecified atom stereocenters. The summed E-state index contributed by atoms with van der Waals surface area (Å²) < 4.78 is 5.69. The zero-order valence-electron chi connectivity index (χ0n) is 17.8. The minimum atomic E-state index is -0.137. The highest BCUT2D eigenvalue weighted by Crippen LogP contribution is 2.70. The number of esters is 1. The van der Waals surface area contributed by atoms with Crippen LogP contribution in [0.25, 0.3) is 0 Å². The van der Waals surface area contributed by atoms with Crippen LogP contribution in [0.4, 0.5) is 0 Å². The maximum absolute atomic E-state index is 12.0. The Balaban J connectivity index is 1.64. The van der Waals surface area contributed by atoms with Gasteiger partial charge >= 0.3 is 5.97 Å². The molecular formula is C23H37NO3. The molecule has 0 spiro atoms. The van der Waals surface area contributed by atoms with Gasteiger partial charge in [-0.15, -0.1) is 0 Å². The normalized spacial score (nSPS) is 52.0. The number of fused-ring (bicyclic) bond motifs is 5. The van der Waals surface area contributed by atoms with E-state index in [0.29, 0.717) is 35.6 Å². The van der Waals surface area contributed by atoms with Gasteiger partial charge in [0.1, 0.15) is 6.10 Å². The quantitative estimate of drug-likeness (QED) is 0.688. The molecule has 0 aromatic carbocycles. The van der Waals surface area contributed by atoms with Gasteiger partial charge in [-0.1, -0.05) is 27.7 Å². The molecule has 1 aliphatic heterocycles. The number of ether oxygens (including phenoxy) is 1. The number of nitrogens with one attached hydrogen (secondary N) is 1. The lowest BCUT2D eigenvalue weighted by molar-refractivity contribution is -0.208. The van der Waals surface area contributed by atoms with Crippen molar-refractivity contribution < 1.29 is 14.3 Å². The van der Waals surface area contributed by atoms with Gasteiger partial charge in [0.05, 0.1) is 0 Å². The Kier molecular flexibility index (Phi) is 4.44. The molecule has 4 aliphatic rings. The molecular weight excluding hydrogens is 338 g/mol. The van der Waals surface area contributed by atoms with Gasteiger partial charge < -0.3 is 10.1 Å². The molecule has 3 aliphatic carbocycles. The SMILES string of the molecule is CC(=O)O[C@@H]1CC[C@@]2(C)C(CC[C@@]3(C)[C@H]2CC[C@@H]2NC(=O)CC[C@@]23C)[C@@H]1C. The van der Waals surface area contributed by atoms with Crippen LogP contribution < -0.4 is 5.32 Å². The lowest BCUT2D eigenvalue weighted by Crippen LogP contribution is -2.67. The van der Waals surface area contributed by atoms with Crippen molar-refractivity contribution >= 4 is 11.9 Å². The van der Waals surface area contributed by atoms with Crippen molar-refractivity contribution in [2.75, 3.05) is 0 Å². The summed E-state index contributed by atoms with van der Waals surface area (Å²) in [5.41, 5.74) is 0.801. The van der Waals surface area contributed by atoms with E-state index < -0.39 is 0 Å². The van der Waals surface area contributed by atoms with Crippen LogP contribution in [0.2, 0.25) is 0 Å². The molecule has 0 aromatic heterocycles. The van der Waals surface area contributed by atoms with E-state index in [4.69, 9.17) is 4.74 Å². The second kappa shape index (κ2) is 6.22. The predicted octanol–water partition coefficient (Wildman–Crippen LogP) is 4.47. The first-order valence-electron chi connectivity index (χ1n) is 11.1. The predicted molar refractivity (Wildman–Crippen MR) is 105 cm³/mol. The zero-order valence-corrected chi connectivity index (χ0v) is 17.8. The molecule has 4 heteroatoms. The molecule has 0 aromatic rings. The van der Waals surface area contributed by atoms with E-state index in [2.05, 4.69) is 33.0 Å². The number of piperidine rings is 1. The number of carbonyl (C=O) groups excluding carboxylic acids is 2. The summed E-state index contributed by atoms with van der Waals surface area (Å²) in [4.78, 5) is 23.6. The lowest BCUT2D eigenvalue weighted by atomic mass is 9.37. The smallest absolute Gasteiger partial charge is 0.302 e. The fourth-order valence-corrected chi connectivity index (χ4v) is 8.24. The highest BCUT2D eigenvalue weighted by Gasteiger charge is 2.66. The van der Waals surface area contributed by atoms with Crippen molar-refractivity contribution in [1.82, 2.24) is 5.32 Å². The largest absolute Gasteiger partial charge is 0.462 e. The van der Waals surface area contributed by atoms with Gasteiger partial charge in [0.25, 0.3) is 0 Å². The second-order valence-corrected chi connectivity index (χ2v) is 10.8. The first-order chi connectivity index (χ1) is 12.6. The van der Waals surface area contributed by atoms with Crippen LogP contribution in [0.1, 0.15) is 86.0 Å². The molecule has 3 saturated carbocycles. The van der Waals surface area contributed by atoms with Gasteiger partial charge in [-0.2, -0.15) is 0 Å². The van der Waals surface area contributed by atoms with Crippen molar-refractivity contribution in [2.24, 2.45) is 34.0 Å². The Morgan fingerprint density at radius 3 is 2.48 bits per heavy atom. The van der Waals surface area contributed by atoms with Gasteiger partial charge in [0.2, 0.25) is 5.91 Å². The summed E-state index contributed by atoms with van der Waals surface area (Å²) in [6, 6.07) is 0.343. The van der Waals surface area contributed by atoms with E-state index in [1.54, 1.807) is 0 Å². The fourth-order valence-electron chi connectivity index (χ4n) is 8.24. The molecule has 152 valence electrons. The summed E-state index contributed by atoms with van der Waals surface area (Å²) in [5, 5.41) is 3.34. The van der Waals surface area contributed by atoms with Crippen LogP contribution in [0.15, 0.2) is 0 Å². The maximum Gasteiger partial charge on any atom is 0.302 e. The monoisotopic (exact) mass is 375 g/mol. The third-order valence-electron chi connectivity index (χ3n) is 9.92. The van der Waals surface area contributed by atoms with E-state index in [0.717, 1.165) is 25.7 Å². The molecule has 1 amide bonds. The van der Waals surface area contributed by atoms with Crippen LogP contribution in [-0.2, 0) is 14.3 Å². The topological polar surface area (TPSA) is 55.4 Å². The number of hydrogen-bond donors (Lipinski definition) is 1. The Morgan fingerprint density at radius 2 is 1.78 bits per heavy atom. The van der Waals surface area contributed by atoms with Gasteiger partial charge in [-0.05, 0) is 78.9 Å². The number of hydrogen-bond acceptors (Lipinski definition) is 3. The maximum atomic E-state index is 12.0. The van der Waals surface area contributed by atoms with Crippen molar-refractivity contribution in [2.45, 2.75) is 98.1 Å². The third kappa shape index (κ3) is 2.61. The van der Waals surface area contributed by atoms with Crippen LogP contribution in [0, 0.1) is 34.0 Å². The fraction of sp³-hybridized carbons (Fsp3) is 0.913. The molecule has 0 bridgehead atoms. The summed E-state index contributed by atoms with van der Waals surface area (Å²) in [6.07, 6.45) is 8.75. The second-order valence-electron chi connectivity index (χ2n) is 10.8. The Labute approximate surface area is 164 Å².